The van der Waals surface area contributed by atoms with Crippen LogP contribution in [0.25, 0.3) is 0 Å². The zero-order valence-electron chi connectivity index (χ0n) is 9.77. The maximum Gasteiger partial charge on any atom is 0.266 e. The Hall–Kier alpha value is -0.700. The van der Waals surface area contributed by atoms with Gasteiger partial charge in [0.1, 0.15) is 5.02 Å². The average Bonchev–Trinajstić information content (AvgIpc) is 2.29. The summed E-state index contributed by atoms with van der Waals surface area (Å²) in [5.41, 5.74) is -0.557. The Balaban J connectivity index is 2.90. The van der Waals surface area contributed by atoms with E-state index in [2.05, 4.69) is 9.71 Å². The fourth-order valence-corrected chi connectivity index (χ4v) is 2.80. The van der Waals surface area contributed by atoms with Gasteiger partial charge >= 0.3 is 0 Å². The molecule has 0 radical (unpaired) electrons. The Kier molecular flexibility index (Phi) is 5.09. The van der Waals surface area contributed by atoms with Crippen LogP contribution in [-0.2, 0) is 20.8 Å². The summed E-state index contributed by atoms with van der Waals surface area (Å²) in [7, 11) is -4.89. The normalized spacial score (nSPS) is 15.3. The minimum absolute atomic E-state index is 0.0438. The van der Waals surface area contributed by atoms with Crippen LogP contribution in [0.3, 0.4) is 0 Å². The van der Waals surface area contributed by atoms with Crippen LogP contribution in [0.5, 0.6) is 0 Å². The summed E-state index contributed by atoms with van der Waals surface area (Å²) in [6.07, 6.45) is 2.56. The zero-order valence-corrected chi connectivity index (χ0v) is 12.2. The number of sulfonamides is 1. The molecule has 0 aliphatic rings. The first-order chi connectivity index (χ1) is 8.24. The number of rotatable bonds is 5. The van der Waals surface area contributed by atoms with Crippen LogP contribution >= 0.6 is 11.6 Å². The third kappa shape index (κ3) is 3.91. The molecule has 2 N–H and O–H groups in total. The minimum Gasteiger partial charge on any atom is -0.326 e. The van der Waals surface area contributed by atoms with Crippen molar-refractivity contribution in [3.63, 3.8) is 0 Å². The van der Waals surface area contributed by atoms with Crippen molar-refractivity contribution in [2.45, 2.75) is 17.1 Å². The molecule has 0 saturated carbocycles. The molecular formula is C9H13ClN2O4S2. The van der Waals surface area contributed by atoms with E-state index in [4.69, 9.17) is 11.6 Å². The predicted octanol–water partition coefficient (Wildman–Crippen LogP) is 0.0736. The summed E-state index contributed by atoms with van der Waals surface area (Å²) in [4.78, 5) is 13.1. The Labute approximate surface area is 112 Å². The smallest absolute Gasteiger partial charge is 0.266 e. The van der Waals surface area contributed by atoms with Gasteiger partial charge in [0.05, 0.1) is 4.90 Å². The van der Waals surface area contributed by atoms with Crippen LogP contribution in [-0.4, -0.2) is 35.7 Å². The van der Waals surface area contributed by atoms with Gasteiger partial charge in [-0.15, -0.1) is 0 Å². The first-order valence-electron chi connectivity index (χ1n) is 4.94. The molecular weight excluding hydrogens is 300 g/mol. The number of aromatic nitrogens is 1. The maximum absolute atomic E-state index is 11.8. The van der Waals surface area contributed by atoms with Crippen molar-refractivity contribution in [2.75, 3.05) is 12.8 Å². The second kappa shape index (κ2) is 5.96. The molecule has 0 aromatic carbocycles. The van der Waals surface area contributed by atoms with Gasteiger partial charge < -0.3 is 4.98 Å². The average molecular weight is 313 g/mol. The van der Waals surface area contributed by atoms with Crippen LogP contribution in [0, 0.1) is 0 Å². The number of halogens is 1. The molecule has 0 fully saturated rings. The molecule has 1 heterocycles. The van der Waals surface area contributed by atoms with E-state index < -0.39 is 26.4 Å². The van der Waals surface area contributed by atoms with Gasteiger partial charge in [-0.3, -0.25) is 9.00 Å². The van der Waals surface area contributed by atoms with Crippen molar-refractivity contribution in [3.05, 3.63) is 27.6 Å². The molecule has 0 aliphatic carbocycles. The second-order valence-electron chi connectivity index (χ2n) is 3.67. The fourth-order valence-electron chi connectivity index (χ4n) is 1.02. The standard InChI is InChI=1S/C9H13ClN2O4S2/c1-6(17(2)14)4-12-18(15,16)7-3-8(10)9(13)11-5-7/h3,5-6,12H,4H2,1-2H3,(H,11,13). The Bertz CT molecular complexity index is 611. The first-order valence-corrected chi connectivity index (χ1v) is 8.42. The van der Waals surface area contributed by atoms with E-state index >= 15 is 0 Å². The third-order valence-corrected chi connectivity index (χ3v) is 5.25. The van der Waals surface area contributed by atoms with Gasteiger partial charge in [-0.25, -0.2) is 13.1 Å². The van der Waals surface area contributed by atoms with E-state index in [9.17, 15) is 17.4 Å². The lowest BCUT2D eigenvalue weighted by molar-refractivity contribution is 0.580. The van der Waals surface area contributed by atoms with Crippen molar-refractivity contribution in [1.29, 1.82) is 0 Å². The highest BCUT2D eigenvalue weighted by Crippen LogP contribution is 2.10. The highest BCUT2D eigenvalue weighted by molar-refractivity contribution is 7.89. The van der Waals surface area contributed by atoms with E-state index in [0.29, 0.717) is 0 Å². The van der Waals surface area contributed by atoms with E-state index in [1.807, 2.05) is 0 Å². The summed E-state index contributed by atoms with van der Waals surface area (Å²) in [6, 6.07) is 1.07. The molecule has 1 aromatic heterocycles. The van der Waals surface area contributed by atoms with Gasteiger partial charge in [-0.1, -0.05) is 11.6 Å². The zero-order chi connectivity index (χ0) is 13.9. The molecule has 6 nitrogen and oxygen atoms in total. The second-order valence-corrected chi connectivity index (χ2v) is 7.65. The molecule has 2 atom stereocenters. The summed E-state index contributed by atoms with van der Waals surface area (Å²) >= 11 is 5.55. The number of nitrogens with one attached hydrogen (secondary N) is 2. The summed E-state index contributed by atoms with van der Waals surface area (Å²) < 4.78 is 37.1. The topological polar surface area (TPSA) is 96.1 Å². The lowest BCUT2D eigenvalue weighted by atomic mass is 10.5. The summed E-state index contributed by atoms with van der Waals surface area (Å²) in [5, 5.41) is -0.511. The van der Waals surface area contributed by atoms with Crippen molar-refractivity contribution in [1.82, 2.24) is 9.71 Å². The predicted molar refractivity (Wildman–Crippen MR) is 70.8 cm³/mol. The number of hydrogen-bond donors (Lipinski definition) is 2. The highest BCUT2D eigenvalue weighted by Gasteiger charge is 2.17. The van der Waals surface area contributed by atoms with Gasteiger partial charge in [0.25, 0.3) is 5.56 Å². The summed E-state index contributed by atoms with van der Waals surface area (Å²) in [5.74, 6) is 0. The minimum atomic E-state index is -3.77. The van der Waals surface area contributed by atoms with Crippen molar-refractivity contribution in [2.24, 2.45) is 0 Å². The number of hydrogen-bond acceptors (Lipinski definition) is 4. The van der Waals surface area contributed by atoms with Gasteiger partial charge in [0.15, 0.2) is 0 Å². The van der Waals surface area contributed by atoms with E-state index in [1.165, 1.54) is 6.26 Å². The monoisotopic (exact) mass is 312 g/mol. The van der Waals surface area contributed by atoms with Gasteiger partial charge in [-0.2, -0.15) is 0 Å². The largest absolute Gasteiger partial charge is 0.326 e. The molecule has 2 unspecified atom stereocenters. The van der Waals surface area contributed by atoms with Crippen molar-refractivity contribution in [3.8, 4) is 0 Å². The molecule has 18 heavy (non-hydrogen) atoms. The quantitative estimate of drug-likeness (QED) is 0.804. The van der Waals surface area contributed by atoms with E-state index in [0.717, 1.165) is 12.3 Å². The first kappa shape index (κ1) is 15.4. The molecule has 0 saturated heterocycles. The van der Waals surface area contributed by atoms with Crippen LogP contribution < -0.4 is 10.3 Å². The molecule has 1 rings (SSSR count). The molecule has 1 aromatic rings. The highest BCUT2D eigenvalue weighted by atomic mass is 35.5. The number of aromatic amines is 1. The van der Waals surface area contributed by atoms with E-state index in [1.54, 1.807) is 6.92 Å². The van der Waals surface area contributed by atoms with Crippen molar-refractivity contribution >= 4 is 32.4 Å². The maximum atomic E-state index is 11.8. The Morgan fingerprint density at radius 3 is 2.67 bits per heavy atom. The van der Waals surface area contributed by atoms with Gasteiger partial charge in [0, 0.05) is 35.0 Å². The number of H-pyrrole nitrogens is 1. The lowest BCUT2D eigenvalue weighted by Gasteiger charge is -2.10. The SMILES string of the molecule is CC(CNS(=O)(=O)c1c[nH]c(=O)c(Cl)c1)S(C)=O. The third-order valence-electron chi connectivity index (χ3n) is 2.27. The number of pyridine rings is 1. The molecule has 9 heteroatoms. The molecule has 0 spiro atoms. The van der Waals surface area contributed by atoms with Crippen LogP contribution in [0.1, 0.15) is 6.92 Å². The molecule has 102 valence electrons. The Morgan fingerprint density at radius 1 is 1.56 bits per heavy atom. The summed E-state index contributed by atoms with van der Waals surface area (Å²) in [6.45, 7) is 1.71. The van der Waals surface area contributed by atoms with Gasteiger partial charge in [0.2, 0.25) is 10.0 Å². The van der Waals surface area contributed by atoms with Gasteiger partial charge in [-0.05, 0) is 13.0 Å². The van der Waals surface area contributed by atoms with E-state index in [-0.39, 0.29) is 21.7 Å². The molecule has 0 aliphatic heterocycles. The van der Waals surface area contributed by atoms with Crippen LogP contribution in [0.2, 0.25) is 5.02 Å². The van der Waals surface area contributed by atoms with Crippen molar-refractivity contribution < 1.29 is 12.6 Å². The van der Waals surface area contributed by atoms with Crippen LogP contribution in [0.15, 0.2) is 22.0 Å². The van der Waals surface area contributed by atoms with Crippen LogP contribution in [0.4, 0.5) is 0 Å². The Morgan fingerprint density at radius 2 is 2.17 bits per heavy atom. The molecule has 0 amide bonds. The fraction of sp³-hybridized carbons (Fsp3) is 0.444. The lowest BCUT2D eigenvalue weighted by Crippen LogP contribution is -2.33. The molecule has 0 bridgehead atoms.